The van der Waals surface area contributed by atoms with Crippen molar-refractivity contribution in [2.75, 3.05) is 38.7 Å². The van der Waals surface area contributed by atoms with Gasteiger partial charge in [-0.05, 0) is 82.7 Å². The number of rotatable bonds is 9. The van der Waals surface area contributed by atoms with E-state index >= 15 is 0 Å². The van der Waals surface area contributed by atoms with E-state index in [0.29, 0.717) is 19.6 Å². The van der Waals surface area contributed by atoms with Crippen LogP contribution in [0.4, 0.5) is 5.13 Å². The van der Waals surface area contributed by atoms with Crippen LogP contribution in [0.3, 0.4) is 0 Å². The van der Waals surface area contributed by atoms with Crippen LogP contribution < -0.4 is 9.64 Å². The Morgan fingerprint density at radius 3 is 2.47 bits per heavy atom. The quantitative estimate of drug-likeness (QED) is 0.492. The van der Waals surface area contributed by atoms with Crippen molar-refractivity contribution >= 4 is 32.6 Å². The molecule has 6 heteroatoms. The molecule has 0 fully saturated rings. The van der Waals surface area contributed by atoms with Crippen LogP contribution in [-0.2, 0) is 11.2 Å². The summed E-state index contributed by atoms with van der Waals surface area (Å²) in [4.78, 5) is 22.1. The Balaban J connectivity index is 1.84. The number of ether oxygens (including phenoxy) is 1. The van der Waals surface area contributed by atoms with Crippen molar-refractivity contribution in [2.45, 2.75) is 33.6 Å². The van der Waals surface area contributed by atoms with E-state index in [-0.39, 0.29) is 5.91 Å². The van der Waals surface area contributed by atoms with Gasteiger partial charge in [-0.25, -0.2) is 4.98 Å². The molecule has 0 unspecified atom stereocenters. The number of benzene rings is 2. The van der Waals surface area contributed by atoms with E-state index in [1.54, 1.807) is 11.3 Å². The fourth-order valence-corrected chi connectivity index (χ4v) is 4.41. The number of hydrogen-bond acceptors (Lipinski definition) is 5. The van der Waals surface area contributed by atoms with E-state index in [0.717, 1.165) is 39.6 Å². The highest BCUT2D eigenvalue weighted by molar-refractivity contribution is 7.22. The van der Waals surface area contributed by atoms with Gasteiger partial charge in [0.05, 0.1) is 23.2 Å². The third kappa shape index (κ3) is 5.37. The number of aryl methyl sites for hydroxylation is 2. The molecule has 0 aliphatic rings. The monoisotopic (exact) mass is 425 g/mol. The van der Waals surface area contributed by atoms with Gasteiger partial charge in [-0.3, -0.25) is 9.69 Å². The summed E-state index contributed by atoms with van der Waals surface area (Å²) in [5.41, 5.74) is 4.39. The summed E-state index contributed by atoms with van der Waals surface area (Å²) in [6.45, 7) is 8.37. The van der Waals surface area contributed by atoms with Crippen LogP contribution in [0, 0.1) is 13.8 Å². The summed E-state index contributed by atoms with van der Waals surface area (Å²) in [7, 11) is 4.10. The summed E-state index contributed by atoms with van der Waals surface area (Å²) in [5.74, 6) is 0.903. The maximum atomic E-state index is 13.3. The minimum atomic E-state index is 0.0753. The molecule has 0 saturated carbocycles. The van der Waals surface area contributed by atoms with E-state index in [1.807, 2.05) is 36.1 Å². The Bertz CT molecular complexity index is 996. The van der Waals surface area contributed by atoms with Crippen LogP contribution in [0.5, 0.6) is 5.75 Å². The highest BCUT2D eigenvalue weighted by atomic mass is 32.1. The Labute approximate surface area is 183 Å². The van der Waals surface area contributed by atoms with E-state index in [1.165, 1.54) is 11.1 Å². The highest BCUT2D eigenvalue weighted by Crippen LogP contribution is 2.32. The molecule has 0 atom stereocenters. The molecular weight excluding hydrogens is 394 g/mol. The Hall–Kier alpha value is -2.44. The zero-order valence-corrected chi connectivity index (χ0v) is 19.4. The van der Waals surface area contributed by atoms with Gasteiger partial charge in [0.25, 0.3) is 0 Å². The molecule has 3 rings (SSSR count). The number of fused-ring (bicyclic) bond motifs is 1. The third-order valence-corrected chi connectivity index (χ3v) is 6.23. The average Bonchev–Trinajstić information content (AvgIpc) is 3.14. The molecular formula is C24H31N3O2S. The predicted molar refractivity (Wildman–Crippen MR) is 126 cm³/mol. The van der Waals surface area contributed by atoms with E-state index in [2.05, 4.69) is 45.0 Å². The lowest BCUT2D eigenvalue weighted by Crippen LogP contribution is -2.34. The molecule has 3 aromatic rings. The van der Waals surface area contributed by atoms with E-state index in [9.17, 15) is 4.79 Å². The second-order valence-corrected chi connectivity index (χ2v) is 8.82. The first-order valence-electron chi connectivity index (χ1n) is 10.4. The maximum absolute atomic E-state index is 13.3. The van der Waals surface area contributed by atoms with Crippen molar-refractivity contribution in [1.29, 1.82) is 0 Å². The first-order valence-corrected chi connectivity index (χ1v) is 11.2. The van der Waals surface area contributed by atoms with Crippen molar-refractivity contribution in [3.63, 3.8) is 0 Å². The number of carbonyl (C=O) groups is 1. The van der Waals surface area contributed by atoms with Gasteiger partial charge < -0.3 is 9.64 Å². The molecule has 2 aromatic carbocycles. The molecule has 1 amide bonds. The standard InChI is InChI=1S/C24H31N3O2S/c1-6-29-20-11-9-19(10-12-20)16-22(28)27(15-7-14-26(4)5)24-25-23-18(3)17(2)8-13-21(23)30-24/h8-13H,6-7,14-16H2,1-5H3. The number of aromatic nitrogens is 1. The number of amides is 1. The van der Waals surface area contributed by atoms with Crippen LogP contribution >= 0.6 is 11.3 Å². The lowest BCUT2D eigenvalue weighted by Gasteiger charge is -2.21. The molecule has 30 heavy (non-hydrogen) atoms. The molecule has 5 nitrogen and oxygen atoms in total. The van der Waals surface area contributed by atoms with Crippen LogP contribution in [-0.4, -0.2) is 49.6 Å². The van der Waals surface area contributed by atoms with Crippen LogP contribution in [0.2, 0.25) is 0 Å². The first kappa shape index (κ1) is 22.2. The molecule has 0 N–H and O–H groups in total. The third-order valence-electron chi connectivity index (χ3n) is 5.18. The fourth-order valence-electron chi connectivity index (χ4n) is 3.34. The first-order chi connectivity index (χ1) is 14.4. The van der Waals surface area contributed by atoms with Gasteiger partial charge in [-0.1, -0.05) is 29.5 Å². The summed E-state index contributed by atoms with van der Waals surface area (Å²) >= 11 is 1.60. The number of hydrogen-bond donors (Lipinski definition) is 0. The van der Waals surface area contributed by atoms with Gasteiger partial charge >= 0.3 is 0 Å². The van der Waals surface area contributed by atoms with Crippen LogP contribution in [0.25, 0.3) is 10.2 Å². The summed E-state index contributed by atoms with van der Waals surface area (Å²) in [6.07, 6.45) is 1.25. The molecule has 0 aliphatic heterocycles. The van der Waals surface area contributed by atoms with E-state index in [4.69, 9.17) is 9.72 Å². The van der Waals surface area contributed by atoms with Crippen molar-refractivity contribution < 1.29 is 9.53 Å². The second kappa shape index (κ2) is 10.0. The van der Waals surface area contributed by atoms with Gasteiger partial charge in [0, 0.05) is 6.54 Å². The average molecular weight is 426 g/mol. The molecule has 1 aromatic heterocycles. The number of nitrogens with zero attached hydrogens (tertiary/aromatic N) is 3. The summed E-state index contributed by atoms with van der Waals surface area (Å²) in [6, 6.07) is 12.0. The van der Waals surface area contributed by atoms with E-state index < -0.39 is 0 Å². The zero-order chi connectivity index (χ0) is 21.7. The van der Waals surface area contributed by atoms with Gasteiger partial charge in [0.1, 0.15) is 5.75 Å². The minimum absolute atomic E-state index is 0.0753. The molecule has 0 spiro atoms. The van der Waals surface area contributed by atoms with Gasteiger partial charge in [-0.2, -0.15) is 0 Å². The SMILES string of the molecule is CCOc1ccc(CC(=O)N(CCCN(C)C)c2nc3c(C)c(C)ccc3s2)cc1. The fraction of sp³-hybridized carbons (Fsp3) is 0.417. The maximum Gasteiger partial charge on any atom is 0.233 e. The predicted octanol–water partition coefficient (Wildman–Crippen LogP) is 4.84. The Morgan fingerprint density at radius 1 is 1.07 bits per heavy atom. The lowest BCUT2D eigenvalue weighted by molar-refractivity contribution is -0.118. The zero-order valence-electron chi connectivity index (χ0n) is 18.6. The van der Waals surface area contributed by atoms with Crippen molar-refractivity contribution in [2.24, 2.45) is 0 Å². The van der Waals surface area contributed by atoms with Crippen molar-refractivity contribution in [3.05, 3.63) is 53.1 Å². The van der Waals surface area contributed by atoms with Gasteiger partial charge in [0.15, 0.2) is 5.13 Å². The molecule has 0 radical (unpaired) electrons. The normalized spacial score (nSPS) is 11.3. The van der Waals surface area contributed by atoms with Crippen LogP contribution in [0.15, 0.2) is 36.4 Å². The minimum Gasteiger partial charge on any atom is -0.494 e. The largest absolute Gasteiger partial charge is 0.494 e. The topological polar surface area (TPSA) is 45.7 Å². The van der Waals surface area contributed by atoms with Gasteiger partial charge in [-0.15, -0.1) is 0 Å². The molecule has 0 bridgehead atoms. The molecule has 160 valence electrons. The van der Waals surface area contributed by atoms with Crippen molar-refractivity contribution in [3.8, 4) is 5.75 Å². The molecule has 1 heterocycles. The molecule has 0 aliphatic carbocycles. The smallest absolute Gasteiger partial charge is 0.233 e. The highest BCUT2D eigenvalue weighted by Gasteiger charge is 2.21. The lowest BCUT2D eigenvalue weighted by atomic mass is 10.1. The summed E-state index contributed by atoms with van der Waals surface area (Å²) < 4.78 is 6.63. The molecule has 0 saturated heterocycles. The Kier molecular flexibility index (Phi) is 7.45. The Morgan fingerprint density at radius 2 is 1.80 bits per heavy atom. The summed E-state index contributed by atoms with van der Waals surface area (Å²) in [5, 5.41) is 0.786. The number of carbonyl (C=O) groups excluding carboxylic acids is 1. The van der Waals surface area contributed by atoms with Gasteiger partial charge in [0.2, 0.25) is 5.91 Å². The number of anilines is 1. The van der Waals surface area contributed by atoms with Crippen molar-refractivity contribution in [1.82, 2.24) is 9.88 Å². The number of thiazole rings is 1. The van der Waals surface area contributed by atoms with Crippen LogP contribution in [0.1, 0.15) is 30.0 Å². The second-order valence-electron chi connectivity index (χ2n) is 7.81.